The minimum absolute atomic E-state index is 0.0781. The van der Waals surface area contributed by atoms with Crippen LogP contribution in [0.4, 0.5) is 5.69 Å². The lowest BCUT2D eigenvalue weighted by Crippen LogP contribution is -2.53. The van der Waals surface area contributed by atoms with Crippen molar-refractivity contribution in [2.45, 2.75) is 44.7 Å². The highest BCUT2D eigenvalue weighted by Gasteiger charge is 2.34. The first-order valence-corrected chi connectivity index (χ1v) is 15.4. The van der Waals surface area contributed by atoms with E-state index >= 15 is 0 Å². The fourth-order valence-electron chi connectivity index (χ4n) is 4.85. The molecule has 0 fully saturated rings. The number of sulfonamides is 1. The number of rotatable bonds is 12. The van der Waals surface area contributed by atoms with Crippen LogP contribution < -0.4 is 9.62 Å². The molecule has 0 aliphatic carbocycles. The smallest absolute Gasteiger partial charge is 0.264 e. The van der Waals surface area contributed by atoms with Crippen molar-refractivity contribution in [2.75, 3.05) is 17.4 Å². The van der Waals surface area contributed by atoms with Gasteiger partial charge in [-0.15, -0.1) is 0 Å². The lowest BCUT2D eigenvalue weighted by Gasteiger charge is -2.34. The van der Waals surface area contributed by atoms with E-state index in [0.717, 1.165) is 26.6 Å². The van der Waals surface area contributed by atoms with Crippen LogP contribution in [0.3, 0.4) is 0 Å². The second-order valence-corrected chi connectivity index (χ2v) is 12.1. The predicted molar refractivity (Wildman–Crippen MR) is 166 cm³/mol. The van der Waals surface area contributed by atoms with Crippen LogP contribution in [-0.4, -0.2) is 44.3 Å². The Hall–Kier alpha value is -4.43. The van der Waals surface area contributed by atoms with E-state index in [-0.39, 0.29) is 23.8 Å². The average molecular weight is 584 g/mol. The van der Waals surface area contributed by atoms with Gasteiger partial charge in [0, 0.05) is 19.5 Å². The summed E-state index contributed by atoms with van der Waals surface area (Å²) in [6, 6.07) is 31.5. The van der Waals surface area contributed by atoms with Gasteiger partial charge in [0.2, 0.25) is 11.8 Å². The first kappa shape index (κ1) is 30.5. The number of hydrogen-bond acceptors (Lipinski definition) is 4. The Kier molecular flexibility index (Phi) is 10.1. The number of likely N-dealkylation sites (N-methyl/N-ethyl adjacent to an activating group) is 1. The molecule has 1 atom stereocenters. The molecule has 218 valence electrons. The standard InChI is InChI=1S/C34H37N3O4S/c1-4-35-34(39)32(23-28-16-7-5-8-17-28)36(24-29-18-12-11-15-27(29)3)33(38)25-37(30-19-13-14-26(2)22-30)42(40,41)31-20-9-6-10-21-31/h5-22,32H,4,23-25H2,1-3H3,(H,35,39). The zero-order valence-electron chi connectivity index (χ0n) is 24.2. The maximum Gasteiger partial charge on any atom is 0.264 e. The van der Waals surface area contributed by atoms with E-state index in [1.165, 1.54) is 17.0 Å². The lowest BCUT2D eigenvalue weighted by atomic mass is 10.0. The Morgan fingerprint density at radius 2 is 1.45 bits per heavy atom. The van der Waals surface area contributed by atoms with Crippen LogP contribution in [0.25, 0.3) is 0 Å². The second kappa shape index (κ2) is 14.0. The highest BCUT2D eigenvalue weighted by Crippen LogP contribution is 2.26. The number of aryl methyl sites for hydroxylation is 2. The number of carbonyl (C=O) groups is 2. The van der Waals surface area contributed by atoms with Gasteiger partial charge in [-0.05, 0) is 67.3 Å². The number of benzene rings is 4. The van der Waals surface area contributed by atoms with Gasteiger partial charge in [-0.3, -0.25) is 13.9 Å². The Bertz CT molecular complexity index is 1610. The molecule has 0 heterocycles. The molecule has 0 saturated heterocycles. The van der Waals surface area contributed by atoms with E-state index in [9.17, 15) is 18.0 Å². The van der Waals surface area contributed by atoms with Gasteiger partial charge in [-0.2, -0.15) is 0 Å². The van der Waals surface area contributed by atoms with Gasteiger partial charge >= 0.3 is 0 Å². The van der Waals surface area contributed by atoms with Gasteiger partial charge in [0.05, 0.1) is 10.6 Å². The van der Waals surface area contributed by atoms with Gasteiger partial charge in [-0.25, -0.2) is 8.42 Å². The topological polar surface area (TPSA) is 86.8 Å². The molecule has 0 spiro atoms. The molecule has 0 radical (unpaired) electrons. The van der Waals surface area contributed by atoms with Crippen molar-refractivity contribution in [3.63, 3.8) is 0 Å². The number of nitrogens with one attached hydrogen (secondary N) is 1. The largest absolute Gasteiger partial charge is 0.355 e. The fourth-order valence-corrected chi connectivity index (χ4v) is 6.28. The summed E-state index contributed by atoms with van der Waals surface area (Å²) in [5, 5.41) is 2.89. The van der Waals surface area contributed by atoms with E-state index in [2.05, 4.69) is 5.32 Å². The van der Waals surface area contributed by atoms with Crippen molar-refractivity contribution in [3.8, 4) is 0 Å². The molecule has 1 unspecified atom stereocenters. The zero-order chi connectivity index (χ0) is 30.1. The van der Waals surface area contributed by atoms with Gasteiger partial charge in [0.1, 0.15) is 12.6 Å². The minimum Gasteiger partial charge on any atom is -0.355 e. The Morgan fingerprint density at radius 1 is 0.810 bits per heavy atom. The third-order valence-corrected chi connectivity index (χ3v) is 8.91. The lowest BCUT2D eigenvalue weighted by molar-refractivity contribution is -0.140. The van der Waals surface area contributed by atoms with Crippen LogP contribution in [0.1, 0.15) is 29.2 Å². The number of anilines is 1. The molecule has 8 heteroatoms. The van der Waals surface area contributed by atoms with Gasteiger partial charge in [-0.1, -0.05) is 84.9 Å². The van der Waals surface area contributed by atoms with E-state index in [0.29, 0.717) is 12.2 Å². The number of nitrogens with zero attached hydrogens (tertiary/aromatic N) is 2. The normalized spacial score (nSPS) is 11.9. The minimum atomic E-state index is -4.11. The van der Waals surface area contributed by atoms with Crippen LogP contribution >= 0.6 is 0 Å². The molecule has 0 bridgehead atoms. The molecule has 7 nitrogen and oxygen atoms in total. The monoisotopic (exact) mass is 583 g/mol. The quantitative estimate of drug-likeness (QED) is 0.246. The van der Waals surface area contributed by atoms with Gasteiger partial charge < -0.3 is 10.2 Å². The molecule has 4 rings (SSSR count). The summed E-state index contributed by atoms with van der Waals surface area (Å²) in [5.74, 6) is -0.775. The van der Waals surface area contributed by atoms with Crippen LogP contribution in [-0.2, 0) is 32.6 Å². The zero-order valence-corrected chi connectivity index (χ0v) is 25.1. The van der Waals surface area contributed by atoms with Crippen molar-refractivity contribution in [1.82, 2.24) is 10.2 Å². The summed E-state index contributed by atoms with van der Waals surface area (Å²) < 4.78 is 29.1. The molecule has 2 amide bonds. The van der Waals surface area contributed by atoms with Crippen LogP contribution in [0.15, 0.2) is 114 Å². The Balaban J connectivity index is 1.80. The van der Waals surface area contributed by atoms with E-state index in [1.807, 2.05) is 81.4 Å². The summed E-state index contributed by atoms with van der Waals surface area (Å²) >= 11 is 0. The maximum atomic E-state index is 14.4. The maximum absolute atomic E-state index is 14.4. The summed E-state index contributed by atoms with van der Waals surface area (Å²) in [5.41, 5.74) is 3.97. The van der Waals surface area contributed by atoms with Gasteiger partial charge in [0.15, 0.2) is 0 Å². The molecular weight excluding hydrogens is 546 g/mol. The number of hydrogen-bond donors (Lipinski definition) is 1. The van der Waals surface area contributed by atoms with E-state index < -0.39 is 28.5 Å². The molecule has 4 aromatic rings. The van der Waals surface area contributed by atoms with Gasteiger partial charge in [0.25, 0.3) is 10.0 Å². The van der Waals surface area contributed by atoms with E-state index in [4.69, 9.17) is 0 Å². The third kappa shape index (κ3) is 7.44. The molecule has 0 aliphatic rings. The summed E-state index contributed by atoms with van der Waals surface area (Å²) in [4.78, 5) is 29.5. The highest BCUT2D eigenvalue weighted by atomic mass is 32.2. The van der Waals surface area contributed by atoms with E-state index in [1.54, 1.807) is 36.4 Å². The summed E-state index contributed by atoms with van der Waals surface area (Å²) in [7, 11) is -4.11. The average Bonchev–Trinajstić information content (AvgIpc) is 2.99. The molecule has 1 N–H and O–H groups in total. The molecule has 4 aromatic carbocycles. The van der Waals surface area contributed by atoms with Crippen LogP contribution in [0, 0.1) is 13.8 Å². The molecule has 42 heavy (non-hydrogen) atoms. The van der Waals surface area contributed by atoms with Crippen LogP contribution in [0.2, 0.25) is 0 Å². The molecular formula is C34H37N3O4S. The SMILES string of the molecule is CCNC(=O)C(Cc1ccccc1)N(Cc1ccccc1C)C(=O)CN(c1cccc(C)c1)S(=O)(=O)c1ccccc1. The van der Waals surface area contributed by atoms with Crippen LogP contribution in [0.5, 0.6) is 0 Å². The highest BCUT2D eigenvalue weighted by molar-refractivity contribution is 7.92. The Labute approximate surface area is 248 Å². The predicted octanol–water partition coefficient (Wildman–Crippen LogP) is 5.27. The number of amides is 2. The van der Waals surface area contributed by atoms with Crippen molar-refractivity contribution in [1.29, 1.82) is 0 Å². The van der Waals surface area contributed by atoms with Crippen molar-refractivity contribution in [2.24, 2.45) is 0 Å². The summed E-state index contributed by atoms with van der Waals surface area (Å²) in [6.45, 7) is 5.72. The molecule has 0 aliphatic heterocycles. The summed E-state index contributed by atoms with van der Waals surface area (Å²) in [6.07, 6.45) is 0.278. The number of carbonyl (C=O) groups excluding carboxylic acids is 2. The fraction of sp³-hybridized carbons (Fsp3) is 0.235. The van der Waals surface area contributed by atoms with Crippen molar-refractivity contribution in [3.05, 3.63) is 131 Å². The first-order chi connectivity index (χ1) is 20.2. The molecule has 0 saturated carbocycles. The first-order valence-electron chi connectivity index (χ1n) is 14.0. The Morgan fingerprint density at radius 3 is 2.10 bits per heavy atom. The van der Waals surface area contributed by atoms with Crippen molar-refractivity contribution >= 4 is 27.5 Å². The molecule has 0 aromatic heterocycles. The third-order valence-electron chi connectivity index (χ3n) is 7.12. The second-order valence-electron chi connectivity index (χ2n) is 10.2. The van der Waals surface area contributed by atoms with Crippen molar-refractivity contribution < 1.29 is 18.0 Å².